The van der Waals surface area contributed by atoms with Crippen LogP contribution in [-0.4, -0.2) is 52.8 Å². The van der Waals surface area contributed by atoms with Gasteiger partial charge in [0.25, 0.3) is 11.8 Å². The van der Waals surface area contributed by atoms with Crippen LogP contribution in [0.1, 0.15) is 20.8 Å². The van der Waals surface area contributed by atoms with E-state index in [4.69, 9.17) is 4.43 Å². The van der Waals surface area contributed by atoms with Crippen molar-refractivity contribution in [2.45, 2.75) is 55.4 Å². The van der Waals surface area contributed by atoms with Crippen LogP contribution in [0.3, 0.4) is 0 Å². The molecule has 126 valence electrons. The molecule has 0 aliphatic carbocycles. The van der Waals surface area contributed by atoms with Crippen LogP contribution in [0.4, 0.5) is 0 Å². The lowest BCUT2D eigenvalue weighted by atomic mass is 10.5. The van der Waals surface area contributed by atoms with E-state index in [1.807, 2.05) is 49.5 Å². The van der Waals surface area contributed by atoms with Crippen LogP contribution in [0.5, 0.6) is 0 Å². The summed E-state index contributed by atoms with van der Waals surface area (Å²) in [5.74, 6) is -0.502. The molecule has 0 radical (unpaired) electrons. The Hall–Kier alpha value is -0.0362. The van der Waals surface area contributed by atoms with Crippen LogP contribution in [0.25, 0.3) is 0 Å². The van der Waals surface area contributed by atoms with Crippen molar-refractivity contribution in [3.63, 3.8) is 0 Å². The summed E-state index contributed by atoms with van der Waals surface area (Å²) in [7, 11) is -4.49. The van der Waals surface area contributed by atoms with Crippen LogP contribution < -0.4 is 0 Å². The first-order chi connectivity index (χ1) is 9.61. The number of nitrogens with zero attached hydrogens (tertiary/aromatic N) is 1. The largest absolute Gasteiger partial charge is 0.411 e. The number of alkyl halides is 1. The van der Waals surface area contributed by atoms with Gasteiger partial charge >= 0.3 is 0 Å². The van der Waals surface area contributed by atoms with Crippen molar-refractivity contribution in [1.29, 1.82) is 0 Å². The molecule has 1 N–H and O–H groups in total. The molecule has 5 nitrogen and oxygen atoms in total. The Morgan fingerprint density at radius 1 is 1.14 bits per heavy atom. The normalized spacial score (nSPS) is 19.8. The van der Waals surface area contributed by atoms with Crippen LogP contribution in [0.2, 0.25) is 26.2 Å². The van der Waals surface area contributed by atoms with Crippen molar-refractivity contribution in [1.82, 2.24) is 4.90 Å². The van der Waals surface area contributed by atoms with Crippen LogP contribution in [0, 0.1) is 0 Å². The average Bonchev–Trinajstić information content (AvgIpc) is 2.57. The molecule has 1 aliphatic rings. The number of aliphatic hydroxyl groups is 1. The third-order valence-corrected chi connectivity index (χ3v) is 16.5. The van der Waals surface area contributed by atoms with Gasteiger partial charge in [0.1, 0.15) is 11.3 Å². The molecule has 2 amide bonds. The first-order valence-electron chi connectivity index (χ1n) is 7.26. The van der Waals surface area contributed by atoms with Gasteiger partial charge in [0.05, 0.1) is 0 Å². The summed E-state index contributed by atoms with van der Waals surface area (Å²) >= 11 is 2.02. The number of carbonyl (C=O) groups is 2. The van der Waals surface area contributed by atoms with Crippen LogP contribution >= 0.6 is 22.6 Å². The number of hydrogen-bond donors (Lipinski definition) is 1. The molecular formula is C14H26INO4Si2. The lowest BCUT2D eigenvalue weighted by Gasteiger charge is -2.48. The molecule has 22 heavy (non-hydrogen) atoms. The second kappa shape index (κ2) is 6.12. The molecule has 0 aromatic rings. The number of rotatable bonds is 6. The molecule has 8 heteroatoms. The topological polar surface area (TPSA) is 66.8 Å². The van der Waals surface area contributed by atoms with Gasteiger partial charge < -0.3 is 9.53 Å². The Morgan fingerprint density at radius 2 is 1.55 bits per heavy atom. The van der Waals surface area contributed by atoms with E-state index in [1.54, 1.807) is 6.92 Å². The second-order valence-electron chi connectivity index (χ2n) is 7.56. The predicted octanol–water partition coefficient (Wildman–Crippen LogP) is 2.38. The molecule has 0 bridgehead atoms. The molecule has 1 atom stereocenters. The SMILES string of the molecule is CC(C)(O[Si](C)(C)C(C)(O)I)[Si](C)(C)CN1C(=O)C=CC1=O. The molecular weight excluding hydrogens is 429 g/mol. The Morgan fingerprint density at radius 3 is 1.91 bits per heavy atom. The van der Waals surface area contributed by atoms with E-state index in [1.165, 1.54) is 17.1 Å². The fourth-order valence-electron chi connectivity index (χ4n) is 2.04. The van der Waals surface area contributed by atoms with Gasteiger partial charge in [-0.05, 0) is 56.5 Å². The number of hydrogen-bond acceptors (Lipinski definition) is 4. The summed E-state index contributed by atoms with van der Waals surface area (Å²) < 4.78 is 5.51. The Labute approximate surface area is 148 Å². The summed E-state index contributed by atoms with van der Waals surface area (Å²) in [6, 6.07) is 0. The number of imide groups is 1. The zero-order valence-corrected chi connectivity index (χ0v) is 18.5. The van der Waals surface area contributed by atoms with Crippen molar-refractivity contribution in [3.8, 4) is 0 Å². The van der Waals surface area contributed by atoms with Crippen molar-refractivity contribution in [2.75, 3.05) is 6.17 Å². The first kappa shape index (κ1) is 20.0. The van der Waals surface area contributed by atoms with Gasteiger partial charge in [-0.3, -0.25) is 14.5 Å². The fourth-order valence-corrected chi connectivity index (χ4v) is 7.19. The van der Waals surface area contributed by atoms with E-state index in [0.29, 0.717) is 6.17 Å². The monoisotopic (exact) mass is 455 g/mol. The van der Waals surface area contributed by atoms with Crippen LogP contribution in [-0.2, 0) is 14.0 Å². The highest BCUT2D eigenvalue weighted by Crippen LogP contribution is 2.36. The minimum atomic E-state index is -2.37. The number of carbonyl (C=O) groups excluding carboxylic acids is 2. The number of halogens is 1. The van der Waals surface area contributed by atoms with Gasteiger partial charge in [-0.25, -0.2) is 0 Å². The summed E-state index contributed by atoms with van der Waals surface area (Å²) in [6.07, 6.45) is 3.04. The standard InChI is InChI=1S/C14H26INO4Si2/c1-13(2,20-22(6,7)14(3,15)19)21(4,5)10-16-11(17)8-9-12(16)18/h8-9,19H,10H2,1-7H3. The van der Waals surface area contributed by atoms with Gasteiger partial charge in [0.15, 0.2) is 0 Å². The molecule has 0 spiro atoms. The molecule has 0 aromatic carbocycles. The Kier molecular flexibility index (Phi) is 5.56. The zero-order chi connectivity index (χ0) is 17.6. The smallest absolute Gasteiger partial charge is 0.253 e. The maximum atomic E-state index is 11.8. The molecule has 0 aromatic heterocycles. The van der Waals surface area contributed by atoms with E-state index >= 15 is 0 Å². The minimum Gasteiger partial charge on any atom is -0.411 e. The highest BCUT2D eigenvalue weighted by atomic mass is 127. The maximum Gasteiger partial charge on any atom is 0.253 e. The van der Waals surface area contributed by atoms with E-state index in [0.717, 1.165) is 0 Å². The highest BCUT2D eigenvalue weighted by molar-refractivity contribution is 14.1. The molecule has 1 rings (SSSR count). The number of amides is 2. The summed E-state index contributed by atoms with van der Waals surface area (Å²) in [5.41, 5.74) is 0. The molecule has 1 unspecified atom stereocenters. The zero-order valence-electron chi connectivity index (χ0n) is 14.4. The maximum absolute atomic E-state index is 11.8. The quantitative estimate of drug-likeness (QED) is 0.289. The van der Waals surface area contributed by atoms with Crippen molar-refractivity contribution >= 4 is 50.8 Å². The molecule has 0 saturated carbocycles. The molecule has 0 saturated heterocycles. The van der Waals surface area contributed by atoms with Crippen molar-refractivity contribution in [2.24, 2.45) is 0 Å². The van der Waals surface area contributed by atoms with E-state index in [9.17, 15) is 14.7 Å². The van der Waals surface area contributed by atoms with Crippen LogP contribution in [0.15, 0.2) is 12.2 Å². The average molecular weight is 455 g/mol. The molecule has 1 aliphatic heterocycles. The first-order valence-corrected chi connectivity index (χ1v) is 14.5. The Bertz CT molecular complexity index is 491. The third kappa shape index (κ3) is 4.08. The lowest BCUT2D eigenvalue weighted by molar-refractivity contribution is -0.135. The van der Waals surface area contributed by atoms with Gasteiger partial charge in [0, 0.05) is 23.5 Å². The van der Waals surface area contributed by atoms with E-state index < -0.39 is 24.8 Å². The summed E-state index contributed by atoms with van der Waals surface area (Å²) in [4.78, 5) is 24.9. The van der Waals surface area contributed by atoms with Gasteiger partial charge in [-0.2, -0.15) is 0 Å². The predicted molar refractivity (Wildman–Crippen MR) is 101 cm³/mol. The lowest BCUT2D eigenvalue weighted by Crippen LogP contribution is -2.65. The van der Waals surface area contributed by atoms with E-state index in [-0.39, 0.29) is 11.8 Å². The fraction of sp³-hybridized carbons (Fsp3) is 0.714. The summed E-state index contributed by atoms with van der Waals surface area (Å²) in [5, 5.41) is 9.88. The molecule has 0 fully saturated rings. The van der Waals surface area contributed by atoms with Crippen molar-refractivity contribution in [3.05, 3.63) is 12.2 Å². The summed E-state index contributed by atoms with van der Waals surface area (Å²) in [6.45, 7) is 14.0. The minimum absolute atomic E-state index is 0.251. The second-order valence-corrected chi connectivity index (χ2v) is 20.2. The highest BCUT2D eigenvalue weighted by Gasteiger charge is 2.51. The molecule has 1 heterocycles. The van der Waals surface area contributed by atoms with Crippen molar-refractivity contribution < 1.29 is 19.1 Å². The van der Waals surface area contributed by atoms with E-state index in [2.05, 4.69) is 13.1 Å². The van der Waals surface area contributed by atoms with Gasteiger partial charge in [-0.1, -0.05) is 13.1 Å². The van der Waals surface area contributed by atoms with Gasteiger partial charge in [-0.15, -0.1) is 0 Å². The Balaban J connectivity index is 2.95. The third-order valence-electron chi connectivity index (χ3n) is 4.69. The van der Waals surface area contributed by atoms with Gasteiger partial charge in [0.2, 0.25) is 8.32 Å².